The van der Waals surface area contributed by atoms with E-state index in [0.717, 1.165) is 0 Å². The molecule has 0 amide bonds. The summed E-state index contributed by atoms with van der Waals surface area (Å²) in [4.78, 5) is 17.0. The lowest BCUT2D eigenvalue weighted by molar-refractivity contribution is 0.0540. The lowest BCUT2D eigenvalue weighted by atomic mass is 10.2. The molecule has 1 heterocycles. The molecule has 1 aromatic carbocycles. The standard InChI is InChI=1S/C19H30N2O4Si/c1-12-20-13-10-16(25-26(8,9)19(5,6)7)15(22)11-14(13)21(12)17(23)24-18(2,3)4/h10-11,22H,1-9H3. The van der Waals surface area contributed by atoms with Crippen LogP contribution in [0.1, 0.15) is 47.4 Å². The van der Waals surface area contributed by atoms with Gasteiger partial charge < -0.3 is 14.3 Å². The van der Waals surface area contributed by atoms with E-state index in [9.17, 15) is 9.90 Å². The van der Waals surface area contributed by atoms with E-state index in [1.165, 1.54) is 10.6 Å². The van der Waals surface area contributed by atoms with Gasteiger partial charge in [-0.3, -0.25) is 0 Å². The van der Waals surface area contributed by atoms with Gasteiger partial charge >= 0.3 is 6.09 Å². The maximum atomic E-state index is 12.5. The molecule has 7 heteroatoms. The van der Waals surface area contributed by atoms with Gasteiger partial charge in [-0.05, 0) is 45.8 Å². The summed E-state index contributed by atoms with van der Waals surface area (Å²) in [7, 11) is -2.11. The number of phenolic OH excluding ortho intramolecular Hbond substituents is 1. The summed E-state index contributed by atoms with van der Waals surface area (Å²) in [6, 6.07) is 3.21. The van der Waals surface area contributed by atoms with Crippen molar-refractivity contribution >= 4 is 25.4 Å². The first-order valence-corrected chi connectivity index (χ1v) is 11.7. The summed E-state index contributed by atoms with van der Waals surface area (Å²) in [5, 5.41) is 10.5. The van der Waals surface area contributed by atoms with E-state index >= 15 is 0 Å². The van der Waals surface area contributed by atoms with Gasteiger partial charge in [0.25, 0.3) is 8.32 Å². The van der Waals surface area contributed by atoms with Gasteiger partial charge in [-0.1, -0.05) is 20.8 Å². The first-order valence-electron chi connectivity index (χ1n) is 8.77. The number of phenols is 1. The molecule has 0 bridgehead atoms. The highest BCUT2D eigenvalue weighted by atomic mass is 28.4. The van der Waals surface area contributed by atoms with E-state index in [-0.39, 0.29) is 10.8 Å². The zero-order chi connectivity index (χ0) is 20.1. The molecule has 0 fully saturated rings. The number of ether oxygens (including phenoxy) is 1. The number of fused-ring (bicyclic) bond motifs is 1. The highest BCUT2D eigenvalue weighted by Crippen LogP contribution is 2.41. The Morgan fingerprint density at radius 1 is 1.15 bits per heavy atom. The highest BCUT2D eigenvalue weighted by molar-refractivity contribution is 6.74. The van der Waals surface area contributed by atoms with E-state index in [4.69, 9.17) is 9.16 Å². The maximum Gasteiger partial charge on any atom is 0.420 e. The van der Waals surface area contributed by atoms with Gasteiger partial charge in [-0.25, -0.2) is 14.3 Å². The topological polar surface area (TPSA) is 73.6 Å². The fraction of sp³-hybridized carbons (Fsp3) is 0.579. The van der Waals surface area contributed by atoms with Crippen LogP contribution in [0, 0.1) is 6.92 Å². The number of aryl methyl sites for hydroxylation is 1. The molecule has 6 nitrogen and oxygen atoms in total. The van der Waals surface area contributed by atoms with Gasteiger partial charge in [-0.2, -0.15) is 0 Å². The van der Waals surface area contributed by atoms with Crippen molar-refractivity contribution in [2.75, 3.05) is 0 Å². The van der Waals surface area contributed by atoms with Crippen LogP contribution in [0.4, 0.5) is 4.79 Å². The second kappa shape index (κ2) is 6.30. The van der Waals surface area contributed by atoms with Crippen molar-refractivity contribution in [3.63, 3.8) is 0 Å². The van der Waals surface area contributed by atoms with Gasteiger partial charge in [0.2, 0.25) is 0 Å². The Hall–Kier alpha value is -2.02. The van der Waals surface area contributed by atoms with E-state index in [2.05, 4.69) is 38.8 Å². The Kier molecular flexibility index (Phi) is 4.92. The molecule has 26 heavy (non-hydrogen) atoms. The smallest absolute Gasteiger partial charge is 0.420 e. The number of imidazole rings is 1. The Morgan fingerprint density at radius 3 is 2.23 bits per heavy atom. The molecule has 0 aliphatic carbocycles. The minimum atomic E-state index is -2.11. The molecule has 0 saturated heterocycles. The number of hydrogen-bond donors (Lipinski definition) is 1. The van der Waals surface area contributed by atoms with Crippen molar-refractivity contribution in [1.29, 1.82) is 0 Å². The quantitative estimate of drug-likeness (QED) is 0.725. The van der Waals surface area contributed by atoms with E-state index in [0.29, 0.717) is 22.6 Å². The van der Waals surface area contributed by atoms with Crippen LogP contribution >= 0.6 is 0 Å². The fourth-order valence-electron chi connectivity index (χ4n) is 2.26. The summed E-state index contributed by atoms with van der Waals surface area (Å²) in [6.07, 6.45) is -0.519. The zero-order valence-corrected chi connectivity index (χ0v) is 18.2. The Morgan fingerprint density at radius 2 is 1.73 bits per heavy atom. The lowest BCUT2D eigenvalue weighted by Gasteiger charge is -2.36. The van der Waals surface area contributed by atoms with E-state index < -0.39 is 20.0 Å². The van der Waals surface area contributed by atoms with Crippen LogP contribution in [-0.2, 0) is 4.74 Å². The largest absolute Gasteiger partial charge is 0.541 e. The molecule has 0 radical (unpaired) electrons. The predicted molar refractivity (Wildman–Crippen MR) is 106 cm³/mol. The van der Waals surface area contributed by atoms with Crippen molar-refractivity contribution in [3.8, 4) is 11.5 Å². The molecular weight excluding hydrogens is 348 g/mol. The third kappa shape index (κ3) is 4.03. The van der Waals surface area contributed by atoms with Crippen molar-refractivity contribution in [2.45, 2.75) is 72.2 Å². The van der Waals surface area contributed by atoms with Crippen molar-refractivity contribution < 1.29 is 19.1 Å². The molecule has 0 atom stereocenters. The van der Waals surface area contributed by atoms with Crippen molar-refractivity contribution in [1.82, 2.24) is 9.55 Å². The molecule has 0 spiro atoms. The van der Waals surface area contributed by atoms with E-state index in [1.807, 2.05) is 20.8 Å². The molecule has 1 N–H and O–H groups in total. The van der Waals surface area contributed by atoms with Crippen LogP contribution in [-0.4, -0.2) is 34.7 Å². The minimum Gasteiger partial charge on any atom is -0.541 e. The normalized spacial score (nSPS) is 13.1. The maximum absolute atomic E-state index is 12.5. The molecule has 1 aromatic heterocycles. The third-order valence-electron chi connectivity index (χ3n) is 4.65. The first-order chi connectivity index (χ1) is 11.6. The summed E-state index contributed by atoms with van der Waals surface area (Å²) in [5.41, 5.74) is 0.463. The molecular formula is C19H30N2O4Si. The molecule has 0 aliphatic heterocycles. The molecule has 0 saturated carbocycles. The Bertz CT molecular complexity index is 842. The van der Waals surface area contributed by atoms with Crippen LogP contribution in [0.15, 0.2) is 12.1 Å². The van der Waals surface area contributed by atoms with Crippen LogP contribution in [0.5, 0.6) is 11.5 Å². The molecule has 0 aliphatic rings. The monoisotopic (exact) mass is 378 g/mol. The second-order valence-electron chi connectivity index (χ2n) is 9.15. The molecule has 144 valence electrons. The fourth-order valence-corrected chi connectivity index (χ4v) is 3.28. The van der Waals surface area contributed by atoms with Gasteiger partial charge in [-0.15, -0.1) is 0 Å². The third-order valence-corrected chi connectivity index (χ3v) is 8.99. The van der Waals surface area contributed by atoms with Crippen LogP contribution in [0.3, 0.4) is 0 Å². The van der Waals surface area contributed by atoms with Crippen molar-refractivity contribution in [3.05, 3.63) is 18.0 Å². The van der Waals surface area contributed by atoms with Gasteiger partial charge in [0.05, 0.1) is 11.0 Å². The van der Waals surface area contributed by atoms with Gasteiger partial charge in [0, 0.05) is 12.1 Å². The van der Waals surface area contributed by atoms with Crippen LogP contribution < -0.4 is 4.43 Å². The number of nitrogens with zero attached hydrogens (tertiary/aromatic N) is 2. The number of rotatable bonds is 2. The summed E-state index contributed by atoms with van der Waals surface area (Å²) < 4.78 is 13.0. The summed E-state index contributed by atoms with van der Waals surface area (Å²) in [5.74, 6) is 0.892. The predicted octanol–water partition coefficient (Wildman–Crippen LogP) is 5.22. The van der Waals surface area contributed by atoms with Crippen LogP contribution in [0.2, 0.25) is 18.1 Å². The number of aromatic nitrogens is 2. The average molecular weight is 379 g/mol. The van der Waals surface area contributed by atoms with Gasteiger partial charge in [0.1, 0.15) is 17.2 Å². The second-order valence-corrected chi connectivity index (χ2v) is 13.9. The summed E-state index contributed by atoms with van der Waals surface area (Å²) >= 11 is 0. The first kappa shape index (κ1) is 20.3. The van der Waals surface area contributed by atoms with Crippen molar-refractivity contribution in [2.24, 2.45) is 0 Å². The molecule has 2 aromatic rings. The number of carbonyl (C=O) groups is 1. The highest BCUT2D eigenvalue weighted by Gasteiger charge is 2.39. The molecule has 0 unspecified atom stereocenters. The summed E-state index contributed by atoms with van der Waals surface area (Å²) in [6.45, 7) is 17.8. The lowest BCUT2D eigenvalue weighted by Crippen LogP contribution is -2.43. The van der Waals surface area contributed by atoms with Crippen LogP contribution in [0.25, 0.3) is 11.0 Å². The SMILES string of the molecule is Cc1nc2cc(O[Si](C)(C)C(C)(C)C)c(O)cc2n1C(=O)OC(C)(C)C. The number of aromatic hydroxyl groups is 1. The minimum absolute atomic E-state index is 0.000187. The Labute approximate surface area is 156 Å². The van der Waals surface area contributed by atoms with E-state index in [1.54, 1.807) is 13.0 Å². The number of benzene rings is 1. The number of hydrogen-bond acceptors (Lipinski definition) is 5. The zero-order valence-electron chi connectivity index (χ0n) is 17.2. The average Bonchev–Trinajstić information content (AvgIpc) is 2.70. The Balaban J connectivity index is 2.49. The molecule has 2 rings (SSSR count). The number of carbonyl (C=O) groups excluding carboxylic acids is 1. The van der Waals surface area contributed by atoms with Gasteiger partial charge in [0.15, 0.2) is 5.75 Å².